The van der Waals surface area contributed by atoms with E-state index in [0.717, 1.165) is 18.5 Å². The van der Waals surface area contributed by atoms with Crippen molar-refractivity contribution in [1.29, 1.82) is 0 Å². The summed E-state index contributed by atoms with van der Waals surface area (Å²) in [6.07, 6.45) is 9.14. The number of benzene rings is 9. The Hall–Kier alpha value is -6.40. The third-order valence-corrected chi connectivity index (χ3v) is 25.0. The van der Waals surface area contributed by atoms with E-state index < -0.39 is 29.6 Å². The van der Waals surface area contributed by atoms with Gasteiger partial charge in [-0.2, -0.15) is 7.82 Å². The van der Waals surface area contributed by atoms with Crippen LogP contribution in [0.3, 0.4) is 0 Å². The zero-order valence-electron chi connectivity index (χ0n) is 39.9. The van der Waals surface area contributed by atoms with E-state index in [1.165, 1.54) is 47.7 Å². The Kier molecular flexibility index (Phi) is 20.7. The molecule has 0 spiro atoms. The summed E-state index contributed by atoms with van der Waals surface area (Å²) in [6.45, 7) is 12.1. The van der Waals surface area contributed by atoms with Crippen molar-refractivity contribution in [1.82, 2.24) is 0 Å². The van der Waals surface area contributed by atoms with Crippen LogP contribution < -0.4 is 62.4 Å². The highest BCUT2D eigenvalue weighted by Crippen LogP contribution is 2.57. The Morgan fingerprint density at radius 3 is 0.451 bits per heavy atom. The average Bonchev–Trinajstić information content (AvgIpc) is 3.43. The van der Waals surface area contributed by atoms with Crippen molar-refractivity contribution in [3.8, 4) is 0 Å². The van der Waals surface area contributed by atoms with Gasteiger partial charge >= 0.3 is 0 Å². The summed E-state index contributed by atoms with van der Waals surface area (Å²) in [5.41, 5.74) is 0. The topological polar surface area (TPSA) is 86.2 Å². The fraction of sp³-hybridized carbons (Fsp3) is 0.0476. The van der Waals surface area contributed by atoms with Gasteiger partial charge in [0.05, 0.1) is 18.5 Å². The van der Waals surface area contributed by atoms with Crippen LogP contribution in [0.1, 0.15) is 0 Å². The summed E-state index contributed by atoms with van der Waals surface area (Å²) in [5, 5.41) is 12.7. The Balaban J connectivity index is 0.000000166. The largest absolute Gasteiger partial charge is 0.822 e. The molecule has 0 fully saturated rings. The minimum atomic E-state index is -5.39. The Morgan fingerprint density at radius 1 is 0.268 bits per heavy atom. The highest BCUT2D eigenvalue weighted by atomic mass is 31.2. The van der Waals surface area contributed by atoms with E-state index in [1.54, 1.807) is 0 Å². The van der Waals surface area contributed by atoms with Gasteiger partial charge in [0, 0.05) is 0 Å². The van der Waals surface area contributed by atoms with Crippen LogP contribution in [0.25, 0.3) is 0 Å². The molecule has 0 N–H and O–H groups in total. The molecule has 9 rings (SSSR count). The molecule has 4 nitrogen and oxygen atoms in total. The molecule has 356 valence electrons. The molecule has 0 radical (unpaired) electrons. The van der Waals surface area contributed by atoms with Crippen LogP contribution in [-0.2, 0) is 4.57 Å². The molecule has 71 heavy (non-hydrogen) atoms. The summed E-state index contributed by atoms with van der Waals surface area (Å²) in [4.78, 5) is 25.6. The first kappa shape index (κ1) is 53.9. The molecule has 8 heteroatoms. The van der Waals surface area contributed by atoms with Gasteiger partial charge in [-0.25, -0.2) is 0 Å². The second-order valence-electron chi connectivity index (χ2n) is 16.3. The van der Waals surface area contributed by atoms with Crippen LogP contribution in [-0.4, -0.2) is 18.5 Å². The lowest BCUT2D eigenvalue weighted by molar-refractivity contribution is -0.432. The van der Waals surface area contributed by atoms with Crippen molar-refractivity contribution < 1.29 is 19.2 Å². The summed E-state index contributed by atoms with van der Waals surface area (Å²) in [6, 6.07) is 98.0. The Morgan fingerprint density at radius 2 is 0.366 bits per heavy atom. The van der Waals surface area contributed by atoms with Gasteiger partial charge in [-0.1, -0.05) is 202 Å². The monoisotopic (exact) mass is 1000 g/mol. The van der Waals surface area contributed by atoms with E-state index >= 15 is 0 Å². The molecule has 0 aliphatic heterocycles. The predicted octanol–water partition coefficient (Wildman–Crippen LogP) is 9.67. The summed E-state index contributed by atoms with van der Waals surface area (Å²) in [7, 11) is -10.4. The summed E-state index contributed by atoms with van der Waals surface area (Å²) >= 11 is 0. The molecule has 9 aromatic carbocycles. The number of hydrogen-bond acceptors (Lipinski definition) is 4. The van der Waals surface area contributed by atoms with Crippen molar-refractivity contribution in [2.24, 2.45) is 0 Å². The van der Waals surface area contributed by atoms with Crippen LogP contribution in [0.4, 0.5) is 0 Å². The van der Waals surface area contributed by atoms with Crippen molar-refractivity contribution in [2.45, 2.75) is 0 Å². The van der Waals surface area contributed by atoms with Crippen molar-refractivity contribution in [2.75, 3.05) is 18.5 Å². The number of allylic oxidation sites excluding steroid dienone is 3. The Bertz CT molecular complexity index is 2370. The van der Waals surface area contributed by atoms with Gasteiger partial charge in [0.15, 0.2) is 0 Å². The van der Waals surface area contributed by atoms with Crippen LogP contribution in [0.2, 0.25) is 0 Å². The molecule has 0 atom stereocenters. The quantitative estimate of drug-likeness (QED) is 0.0757. The van der Waals surface area contributed by atoms with E-state index in [-0.39, 0.29) is 0 Å². The van der Waals surface area contributed by atoms with Crippen LogP contribution in [0.5, 0.6) is 0 Å². The van der Waals surface area contributed by atoms with Crippen LogP contribution >= 0.6 is 29.6 Å². The zero-order valence-corrected chi connectivity index (χ0v) is 43.5. The van der Waals surface area contributed by atoms with Gasteiger partial charge in [0.1, 0.15) is 69.5 Å². The van der Waals surface area contributed by atoms with Crippen molar-refractivity contribution in [3.05, 3.63) is 311 Å². The maximum Gasteiger partial charge on any atom is 0.115 e. The fourth-order valence-corrected chi connectivity index (χ4v) is 20.9. The normalized spacial score (nSPS) is 11.1. The van der Waals surface area contributed by atoms with Gasteiger partial charge in [-0.15, -0.1) is 0 Å². The molecule has 0 saturated heterocycles. The lowest BCUT2D eigenvalue weighted by Crippen LogP contribution is -2.32. The lowest BCUT2D eigenvalue weighted by Gasteiger charge is -2.36. The molecule has 0 aliphatic carbocycles. The number of phosphoric acid groups is 1. The second-order valence-corrected chi connectivity index (χ2v) is 27.8. The van der Waals surface area contributed by atoms with Gasteiger partial charge in [0.2, 0.25) is 0 Å². The molecule has 0 heterocycles. The summed E-state index contributed by atoms with van der Waals surface area (Å²) in [5.74, 6) is 0. The highest BCUT2D eigenvalue weighted by molar-refractivity contribution is 7.96. The Labute approximate surface area is 423 Å². The third kappa shape index (κ3) is 13.9. The third-order valence-electron chi connectivity index (χ3n) is 12.0. The van der Waals surface area contributed by atoms with Gasteiger partial charge in [-0.3, -0.25) is 0 Å². The van der Waals surface area contributed by atoms with Gasteiger partial charge in [-0.05, 0) is 109 Å². The van der Waals surface area contributed by atoms with E-state index in [0.29, 0.717) is 0 Å². The van der Waals surface area contributed by atoms with E-state index in [2.05, 4.69) is 311 Å². The molecule has 0 aromatic heterocycles. The molecular weight excluding hydrogens is 945 g/mol. The maximum absolute atomic E-state index is 8.55. The minimum absolute atomic E-state index is 0.977. The fourth-order valence-electron chi connectivity index (χ4n) is 9.01. The first-order valence-corrected chi connectivity index (χ1v) is 30.7. The zero-order chi connectivity index (χ0) is 50.3. The number of rotatable bonds is 15. The molecule has 9 aromatic rings. The maximum atomic E-state index is 8.55. The summed E-state index contributed by atoms with van der Waals surface area (Å²) < 4.78 is 8.55. The van der Waals surface area contributed by atoms with E-state index in [1.807, 2.05) is 0 Å². The molecule has 0 unspecified atom stereocenters. The molecule has 0 amide bonds. The molecule has 0 aliphatic rings. The minimum Gasteiger partial charge on any atom is -0.822 e. The number of hydrogen-bond donors (Lipinski definition) is 0. The lowest BCUT2D eigenvalue weighted by atomic mass is 10.4. The standard InChI is InChI=1S/3C21H20P.H3O4P/c3*1-2-18-22(19-12-6-3-7-13-19,20-14-8-4-9-15-20)21-16-10-5-11-17-21;1-5(2,3)4/h3*2-17H,1,18H2;(H3,1,2,3,4)/q3*+1;/p-3. The molecule has 0 bridgehead atoms. The smallest absolute Gasteiger partial charge is 0.115 e. The van der Waals surface area contributed by atoms with E-state index in [4.69, 9.17) is 19.2 Å². The average molecular weight is 1010 g/mol. The van der Waals surface area contributed by atoms with Crippen molar-refractivity contribution in [3.63, 3.8) is 0 Å². The first-order chi connectivity index (χ1) is 34.6. The highest BCUT2D eigenvalue weighted by Gasteiger charge is 2.46. The van der Waals surface area contributed by atoms with Gasteiger partial charge < -0.3 is 19.2 Å². The molecular formula is C63H60O4P4. The second kappa shape index (κ2) is 27.3. The van der Waals surface area contributed by atoms with Crippen molar-refractivity contribution >= 4 is 77.4 Å². The van der Waals surface area contributed by atoms with Gasteiger partial charge in [0.25, 0.3) is 0 Å². The van der Waals surface area contributed by atoms with E-state index in [9.17, 15) is 0 Å². The van der Waals surface area contributed by atoms with Crippen LogP contribution in [0.15, 0.2) is 311 Å². The SMILES string of the molecule is C=CC[P+](c1ccccc1)(c1ccccc1)c1ccccc1.C=CC[P+](c1ccccc1)(c1ccccc1)c1ccccc1.C=CC[P+](c1ccccc1)(c1ccccc1)c1ccccc1.O=P([O-])([O-])[O-]. The first-order valence-electron chi connectivity index (χ1n) is 23.3. The molecule has 0 saturated carbocycles. The predicted molar refractivity (Wildman–Crippen MR) is 308 cm³/mol. The van der Waals surface area contributed by atoms with Crippen LogP contribution in [0, 0.1) is 0 Å².